The summed E-state index contributed by atoms with van der Waals surface area (Å²) in [6, 6.07) is 1.97. The predicted molar refractivity (Wildman–Crippen MR) is 98.5 cm³/mol. The van der Waals surface area contributed by atoms with Gasteiger partial charge in [-0.25, -0.2) is 9.97 Å². The molecule has 0 saturated heterocycles. The lowest BCUT2D eigenvalue weighted by Gasteiger charge is -2.11. The first-order valence-electron chi connectivity index (χ1n) is 6.82. The van der Waals surface area contributed by atoms with Crippen molar-refractivity contribution < 1.29 is 0 Å². The van der Waals surface area contributed by atoms with E-state index in [1.807, 2.05) is 6.07 Å². The van der Waals surface area contributed by atoms with Crippen molar-refractivity contribution in [2.45, 2.75) is 33.1 Å². The van der Waals surface area contributed by atoms with E-state index < -0.39 is 0 Å². The predicted octanol–water partition coefficient (Wildman–Crippen LogP) is 6.16. The van der Waals surface area contributed by atoms with Gasteiger partial charge >= 0.3 is 0 Å². The van der Waals surface area contributed by atoms with Crippen LogP contribution >= 0.6 is 54.8 Å². The normalized spacial score (nSPS) is 10.9. The lowest BCUT2D eigenvalue weighted by Crippen LogP contribution is -2.07. The van der Waals surface area contributed by atoms with E-state index in [1.54, 1.807) is 0 Å². The smallest absolute Gasteiger partial charge is 0.172 e. The van der Waals surface area contributed by atoms with Crippen LogP contribution in [0.4, 0.5) is 5.82 Å². The number of aryl methyl sites for hydroxylation is 1. The van der Waals surface area contributed by atoms with E-state index in [9.17, 15) is 0 Å². The van der Waals surface area contributed by atoms with E-state index in [-0.39, 0.29) is 0 Å². The minimum absolute atomic E-state index is 0.719. The summed E-state index contributed by atoms with van der Waals surface area (Å²) < 4.78 is 2.57. The van der Waals surface area contributed by atoms with Gasteiger partial charge in [-0.2, -0.15) is 0 Å². The number of hydrogen-bond donors (Lipinski definition) is 1. The summed E-state index contributed by atoms with van der Waals surface area (Å²) in [5.74, 6) is 1.57. The van der Waals surface area contributed by atoms with Crippen molar-refractivity contribution in [1.82, 2.24) is 9.97 Å². The fourth-order valence-electron chi connectivity index (χ4n) is 1.82. The van der Waals surface area contributed by atoms with Crippen LogP contribution in [-0.2, 0) is 6.42 Å². The SMILES string of the molecule is CCCNc1nc(-c2cc(Br)c(Cl)s2)nc(CCC)c1Br. The second-order valence-electron chi connectivity index (χ2n) is 4.57. The highest BCUT2D eigenvalue weighted by Crippen LogP contribution is 2.38. The van der Waals surface area contributed by atoms with Crippen molar-refractivity contribution in [3.05, 3.63) is 25.0 Å². The van der Waals surface area contributed by atoms with Crippen LogP contribution in [0.5, 0.6) is 0 Å². The number of nitrogens with zero attached hydrogens (tertiary/aromatic N) is 2. The fraction of sp³-hybridized carbons (Fsp3) is 0.429. The highest BCUT2D eigenvalue weighted by Gasteiger charge is 2.15. The number of aromatic nitrogens is 2. The van der Waals surface area contributed by atoms with Crippen LogP contribution in [0.15, 0.2) is 15.0 Å². The van der Waals surface area contributed by atoms with Crippen LogP contribution in [-0.4, -0.2) is 16.5 Å². The lowest BCUT2D eigenvalue weighted by molar-refractivity contribution is 0.865. The van der Waals surface area contributed by atoms with Crippen LogP contribution in [0.3, 0.4) is 0 Å². The first-order valence-corrected chi connectivity index (χ1v) is 9.60. The van der Waals surface area contributed by atoms with Crippen LogP contribution in [0.25, 0.3) is 10.7 Å². The number of halogens is 3. The third-order valence-electron chi connectivity index (χ3n) is 2.81. The molecule has 2 heterocycles. The Morgan fingerprint density at radius 1 is 1.24 bits per heavy atom. The van der Waals surface area contributed by atoms with Gasteiger partial charge in [0, 0.05) is 11.0 Å². The van der Waals surface area contributed by atoms with E-state index in [0.717, 1.165) is 61.3 Å². The molecule has 0 aliphatic carbocycles. The van der Waals surface area contributed by atoms with E-state index >= 15 is 0 Å². The Balaban J connectivity index is 2.47. The molecule has 0 aliphatic heterocycles. The molecule has 1 N–H and O–H groups in total. The lowest BCUT2D eigenvalue weighted by atomic mass is 10.2. The molecular weight excluding hydrogens is 438 g/mol. The molecule has 0 aliphatic rings. The highest BCUT2D eigenvalue weighted by molar-refractivity contribution is 9.11. The summed E-state index contributed by atoms with van der Waals surface area (Å²) in [5.41, 5.74) is 1.03. The maximum absolute atomic E-state index is 6.13. The molecule has 0 spiro atoms. The average Bonchev–Trinajstić information content (AvgIpc) is 2.80. The Labute approximate surface area is 150 Å². The molecular formula is C14H16Br2ClN3S. The van der Waals surface area contributed by atoms with E-state index in [0.29, 0.717) is 0 Å². The number of thiophene rings is 1. The summed E-state index contributed by atoms with van der Waals surface area (Å²) in [4.78, 5) is 10.3. The zero-order valence-corrected chi connectivity index (χ0v) is 16.6. The Hall–Kier alpha value is -0.170. The molecule has 21 heavy (non-hydrogen) atoms. The second kappa shape index (κ2) is 7.90. The molecule has 3 nitrogen and oxygen atoms in total. The molecule has 0 aromatic carbocycles. The average molecular weight is 454 g/mol. The van der Waals surface area contributed by atoms with Gasteiger partial charge in [-0.15, -0.1) is 11.3 Å². The minimum atomic E-state index is 0.719. The largest absolute Gasteiger partial charge is 0.369 e. The van der Waals surface area contributed by atoms with Crippen LogP contribution < -0.4 is 5.32 Å². The zero-order chi connectivity index (χ0) is 15.4. The third-order valence-corrected chi connectivity index (χ3v) is 6.12. The van der Waals surface area contributed by atoms with E-state index in [2.05, 4.69) is 61.0 Å². The molecule has 0 radical (unpaired) electrons. The molecule has 0 atom stereocenters. The maximum atomic E-state index is 6.13. The fourth-order valence-corrected chi connectivity index (χ4v) is 3.98. The van der Waals surface area contributed by atoms with E-state index in [1.165, 1.54) is 11.3 Å². The van der Waals surface area contributed by atoms with Crippen molar-refractivity contribution in [1.29, 1.82) is 0 Å². The van der Waals surface area contributed by atoms with Crippen molar-refractivity contribution in [2.24, 2.45) is 0 Å². The quantitative estimate of drug-likeness (QED) is 0.569. The molecule has 2 aromatic heterocycles. The molecule has 0 fully saturated rings. The summed E-state index contributed by atoms with van der Waals surface area (Å²) in [6.07, 6.45) is 3.00. The molecule has 0 saturated carbocycles. The van der Waals surface area contributed by atoms with Gasteiger partial charge in [0.1, 0.15) is 10.2 Å². The molecule has 7 heteroatoms. The zero-order valence-electron chi connectivity index (χ0n) is 11.8. The molecule has 2 aromatic rings. The van der Waals surface area contributed by atoms with Crippen molar-refractivity contribution in [3.8, 4) is 10.7 Å². The van der Waals surface area contributed by atoms with Crippen LogP contribution in [0, 0.1) is 0 Å². The maximum Gasteiger partial charge on any atom is 0.172 e. The monoisotopic (exact) mass is 451 g/mol. The third kappa shape index (κ3) is 4.18. The van der Waals surface area contributed by atoms with Gasteiger partial charge in [0.05, 0.1) is 15.0 Å². The van der Waals surface area contributed by atoms with Gasteiger partial charge in [0.15, 0.2) is 5.82 Å². The topological polar surface area (TPSA) is 37.8 Å². The van der Waals surface area contributed by atoms with Crippen molar-refractivity contribution in [2.75, 3.05) is 11.9 Å². The standard InChI is InChI=1S/C14H16Br2ClN3S/c1-3-5-9-11(16)14(18-6-4-2)20-13(19-9)10-7-8(15)12(17)21-10/h7H,3-6H2,1-2H3,(H,18,19,20). The Morgan fingerprint density at radius 2 is 2.00 bits per heavy atom. The van der Waals surface area contributed by atoms with Crippen molar-refractivity contribution in [3.63, 3.8) is 0 Å². The number of hydrogen-bond acceptors (Lipinski definition) is 4. The Kier molecular flexibility index (Phi) is 6.47. The van der Waals surface area contributed by atoms with Crippen LogP contribution in [0.1, 0.15) is 32.4 Å². The van der Waals surface area contributed by atoms with Gasteiger partial charge < -0.3 is 5.32 Å². The number of nitrogens with one attached hydrogen (secondary N) is 1. The van der Waals surface area contributed by atoms with Gasteiger partial charge in [-0.1, -0.05) is 31.9 Å². The summed E-state index contributed by atoms with van der Waals surface area (Å²) in [6.45, 7) is 5.16. The number of anilines is 1. The summed E-state index contributed by atoms with van der Waals surface area (Å²) >= 11 is 14.7. The minimum Gasteiger partial charge on any atom is -0.369 e. The highest BCUT2D eigenvalue weighted by atomic mass is 79.9. The second-order valence-corrected chi connectivity index (χ2v) is 7.87. The van der Waals surface area contributed by atoms with Gasteiger partial charge in [0.2, 0.25) is 0 Å². The van der Waals surface area contributed by atoms with Gasteiger partial charge in [-0.05, 0) is 50.8 Å². The Bertz CT molecular complexity index is 611. The molecule has 2 rings (SSSR count). The summed E-state index contributed by atoms with van der Waals surface area (Å²) in [7, 11) is 0. The number of rotatable bonds is 6. The molecule has 114 valence electrons. The van der Waals surface area contributed by atoms with Crippen molar-refractivity contribution >= 4 is 60.6 Å². The molecule has 0 amide bonds. The molecule has 0 bridgehead atoms. The Morgan fingerprint density at radius 3 is 2.57 bits per heavy atom. The van der Waals surface area contributed by atoms with E-state index in [4.69, 9.17) is 11.6 Å². The van der Waals surface area contributed by atoms with Gasteiger partial charge in [0.25, 0.3) is 0 Å². The first-order chi connectivity index (χ1) is 10.1. The first kappa shape index (κ1) is 17.2. The molecule has 0 unspecified atom stereocenters. The van der Waals surface area contributed by atoms with Crippen LogP contribution in [0.2, 0.25) is 4.34 Å². The summed E-state index contributed by atoms with van der Waals surface area (Å²) in [5, 5.41) is 3.35. The van der Waals surface area contributed by atoms with Gasteiger partial charge in [-0.3, -0.25) is 0 Å².